The molecule has 0 aliphatic carbocycles. The van der Waals surface area contributed by atoms with Crippen LogP contribution in [0.2, 0.25) is 0 Å². The number of aromatic nitrogens is 1. The minimum absolute atomic E-state index is 0. The van der Waals surface area contributed by atoms with Crippen LogP contribution in [0.1, 0.15) is 0 Å². The Morgan fingerprint density at radius 2 is 1.90 bits per heavy atom. The molecule has 4 heteroatoms. The largest absolute Gasteiger partial charge is 1.00 e. The molecule has 0 amide bonds. The van der Waals surface area contributed by atoms with Gasteiger partial charge < -0.3 is 18.1 Å². The molecule has 0 aliphatic rings. The van der Waals surface area contributed by atoms with Crippen molar-refractivity contribution in [2.24, 2.45) is 7.05 Å². The third-order valence-corrected chi connectivity index (χ3v) is 4.78. The second-order valence-electron chi connectivity index (χ2n) is 4.88. The minimum atomic E-state index is 0. The third-order valence-electron chi connectivity index (χ3n) is 3.57. The Morgan fingerprint density at radius 1 is 1.10 bits per heavy atom. The number of nitrogens with two attached hydrogens (primary N) is 1. The number of pyridine rings is 1. The quantitative estimate of drug-likeness (QED) is 0.374. The summed E-state index contributed by atoms with van der Waals surface area (Å²) >= 11 is 1.82. The molecule has 2 heterocycles. The second kappa shape index (κ2) is 4.62. The lowest BCUT2D eigenvalue weighted by atomic mass is 10.1. The fraction of sp³-hybridized carbons (Fsp3) is 0.0625. The number of rotatable bonds is 0. The number of halogens is 1. The summed E-state index contributed by atoms with van der Waals surface area (Å²) in [5.74, 6) is 0. The van der Waals surface area contributed by atoms with E-state index in [1.165, 1.54) is 30.9 Å². The predicted molar refractivity (Wildman–Crippen MR) is 82.4 cm³/mol. The number of fused-ring (bicyclic) bond motifs is 5. The Labute approximate surface area is 126 Å². The average Bonchev–Trinajstić information content (AvgIpc) is 2.80. The van der Waals surface area contributed by atoms with E-state index in [9.17, 15) is 0 Å². The van der Waals surface area contributed by atoms with E-state index < -0.39 is 0 Å². The molecular weight excluding hydrogens is 288 g/mol. The van der Waals surface area contributed by atoms with E-state index in [0.29, 0.717) is 0 Å². The van der Waals surface area contributed by atoms with E-state index in [0.717, 1.165) is 5.69 Å². The average molecular weight is 301 g/mol. The van der Waals surface area contributed by atoms with Crippen molar-refractivity contribution >= 4 is 48.0 Å². The first-order valence-electron chi connectivity index (χ1n) is 6.23. The highest BCUT2D eigenvalue weighted by Gasteiger charge is 2.13. The molecule has 0 atom stereocenters. The summed E-state index contributed by atoms with van der Waals surface area (Å²) in [5.41, 5.74) is 7.14. The van der Waals surface area contributed by atoms with Crippen molar-refractivity contribution < 1.29 is 17.0 Å². The number of aryl methyl sites for hydroxylation is 1. The minimum Gasteiger partial charge on any atom is -1.00 e. The van der Waals surface area contributed by atoms with Crippen LogP contribution in [0, 0.1) is 0 Å². The Morgan fingerprint density at radius 3 is 2.75 bits per heavy atom. The van der Waals surface area contributed by atoms with Gasteiger partial charge in [-0.3, -0.25) is 0 Å². The van der Waals surface area contributed by atoms with Crippen LogP contribution in [0.3, 0.4) is 0 Å². The van der Waals surface area contributed by atoms with Gasteiger partial charge in [0.05, 0.1) is 10.1 Å². The molecule has 4 rings (SSSR count). The normalized spacial score (nSPS) is 11.1. The van der Waals surface area contributed by atoms with Crippen molar-refractivity contribution in [3.05, 3.63) is 48.8 Å². The van der Waals surface area contributed by atoms with Crippen LogP contribution in [0.15, 0.2) is 48.8 Å². The predicted octanol–water partition coefficient (Wildman–Crippen LogP) is 0.618. The second-order valence-corrected chi connectivity index (χ2v) is 5.93. The lowest BCUT2D eigenvalue weighted by molar-refractivity contribution is -0.670. The van der Waals surface area contributed by atoms with Gasteiger partial charge in [0.25, 0.3) is 0 Å². The maximum Gasteiger partial charge on any atom is 0.177 e. The molecule has 0 saturated heterocycles. The first-order chi connectivity index (χ1) is 9.24. The fourth-order valence-corrected chi connectivity index (χ4v) is 3.94. The Hall–Kier alpha value is -1.84. The van der Waals surface area contributed by atoms with Crippen LogP contribution in [0.25, 0.3) is 30.9 Å². The van der Waals surface area contributed by atoms with E-state index in [1.54, 1.807) is 0 Å². The summed E-state index contributed by atoms with van der Waals surface area (Å²) in [5, 5.41) is 4.93. The van der Waals surface area contributed by atoms with E-state index >= 15 is 0 Å². The number of nitrogens with zero attached hydrogens (tertiary/aromatic N) is 1. The van der Waals surface area contributed by atoms with Gasteiger partial charge in [-0.05, 0) is 17.5 Å². The smallest absolute Gasteiger partial charge is 0.177 e. The Balaban J connectivity index is 0.00000121. The maximum absolute atomic E-state index is 6.27. The Kier molecular flexibility index (Phi) is 3.04. The molecule has 20 heavy (non-hydrogen) atoms. The van der Waals surface area contributed by atoms with E-state index in [2.05, 4.69) is 60.4 Å². The van der Waals surface area contributed by atoms with Gasteiger partial charge in [-0.25, -0.2) is 4.57 Å². The number of nitrogen functional groups attached to an aromatic ring is 1. The van der Waals surface area contributed by atoms with Gasteiger partial charge in [0.1, 0.15) is 7.05 Å². The monoisotopic (exact) mass is 300 g/mol. The highest BCUT2D eigenvalue weighted by atomic mass is 35.5. The van der Waals surface area contributed by atoms with Crippen molar-refractivity contribution in [3.8, 4) is 0 Å². The number of hydrogen-bond acceptors (Lipinski definition) is 2. The van der Waals surface area contributed by atoms with Crippen LogP contribution in [-0.2, 0) is 7.05 Å². The lowest BCUT2D eigenvalue weighted by Gasteiger charge is -2.02. The van der Waals surface area contributed by atoms with Gasteiger partial charge in [0.15, 0.2) is 12.4 Å². The number of benzene rings is 2. The summed E-state index contributed by atoms with van der Waals surface area (Å²) in [4.78, 5) is 0. The zero-order valence-electron chi connectivity index (χ0n) is 10.9. The molecule has 0 aliphatic heterocycles. The van der Waals surface area contributed by atoms with Crippen LogP contribution in [-0.4, -0.2) is 0 Å². The number of anilines is 1. The first kappa shape index (κ1) is 13.2. The highest BCUT2D eigenvalue weighted by molar-refractivity contribution is 7.26. The van der Waals surface area contributed by atoms with E-state index in [1.807, 2.05) is 11.3 Å². The van der Waals surface area contributed by atoms with Gasteiger partial charge in [-0.2, -0.15) is 0 Å². The molecule has 0 saturated carbocycles. The first-order valence-corrected chi connectivity index (χ1v) is 7.04. The topological polar surface area (TPSA) is 29.9 Å². The number of thiophene rings is 1. The van der Waals surface area contributed by atoms with Crippen molar-refractivity contribution in [2.75, 3.05) is 5.73 Å². The molecule has 2 nitrogen and oxygen atoms in total. The molecule has 0 fully saturated rings. The van der Waals surface area contributed by atoms with Gasteiger partial charge >= 0.3 is 0 Å². The summed E-state index contributed by atoms with van der Waals surface area (Å²) < 4.78 is 4.66. The summed E-state index contributed by atoms with van der Waals surface area (Å²) in [7, 11) is 2.05. The summed E-state index contributed by atoms with van der Waals surface area (Å²) in [6, 6.07) is 12.7. The van der Waals surface area contributed by atoms with E-state index in [4.69, 9.17) is 5.73 Å². The Bertz CT molecular complexity index is 943. The van der Waals surface area contributed by atoms with Crippen molar-refractivity contribution in [3.63, 3.8) is 0 Å². The standard InChI is InChI=1S/C16H12N2S.ClH/c1-18-7-6-10-8-13(17)15-11-4-2-3-5-14(11)19-16(15)12(10)9-18;/h2-9,17H,1H3;1H. The molecule has 4 aromatic rings. The fourth-order valence-electron chi connectivity index (χ4n) is 2.69. The maximum atomic E-state index is 6.27. The molecule has 100 valence electrons. The molecule has 2 N–H and O–H groups in total. The third kappa shape index (κ3) is 1.74. The molecule has 0 radical (unpaired) electrons. The van der Waals surface area contributed by atoms with Gasteiger partial charge in [0, 0.05) is 27.2 Å². The van der Waals surface area contributed by atoms with Crippen LogP contribution < -0.4 is 22.7 Å². The van der Waals surface area contributed by atoms with Crippen molar-refractivity contribution in [1.82, 2.24) is 0 Å². The SMILES string of the molecule is C[n+]1ccc2cc(N)c3c4ccccc4sc3c2c1.[Cl-]. The van der Waals surface area contributed by atoms with Crippen molar-refractivity contribution in [1.29, 1.82) is 0 Å². The summed E-state index contributed by atoms with van der Waals surface area (Å²) in [6.07, 6.45) is 4.23. The lowest BCUT2D eigenvalue weighted by Crippen LogP contribution is -3.00. The van der Waals surface area contributed by atoms with Gasteiger partial charge in [-0.15, -0.1) is 11.3 Å². The zero-order valence-corrected chi connectivity index (χ0v) is 12.5. The molecule has 0 unspecified atom stereocenters. The van der Waals surface area contributed by atoms with Gasteiger partial charge in [0.2, 0.25) is 0 Å². The molecule has 2 aromatic heterocycles. The molecule has 0 bridgehead atoms. The molecular formula is C16H13ClN2S. The number of hydrogen-bond donors (Lipinski definition) is 1. The van der Waals surface area contributed by atoms with Crippen LogP contribution >= 0.6 is 11.3 Å². The zero-order chi connectivity index (χ0) is 13.0. The molecule has 0 spiro atoms. The van der Waals surface area contributed by atoms with E-state index in [-0.39, 0.29) is 12.4 Å². The highest BCUT2D eigenvalue weighted by Crippen LogP contribution is 2.41. The summed E-state index contributed by atoms with van der Waals surface area (Å²) in [6.45, 7) is 0. The van der Waals surface area contributed by atoms with Crippen molar-refractivity contribution in [2.45, 2.75) is 0 Å². The van der Waals surface area contributed by atoms with Gasteiger partial charge in [-0.1, -0.05) is 18.2 Å². The van der Waals surface area contributed by atoms with Crippen LogP contribution in [0.5, 0.6) is 0 Å². The van der Waals surface area contributed by atoms with Crippen LogP contribution in [0.4, 0.5) is 5.69 Å². The molecule has 2 aromatic carbocycles.